The van der Waals surface area contributed by atoms with Crippen LogP contribution in [0.2, 0.25) is 0 Å². The van der Waals surface area contributed by atoms with Gasteiger partial charge in [-0.3, -0.25) is 25.7 Å². The molecule has 0 saturated carbocycles. The second-order valence-electron chi connectivity index (χ2n) is 7.51. The van der Waals surface area contributed by atoms with Crippen molar-refractivity contribution < 1.29 is 31.5 Å². The molecule has 2 atom stereocenters. The molecule has 2 amide bonds. The van der Waals surface area contributed by atoms with Crippen LogP contribution in [0.1, 0.15) is 21.6 Å². The number of H-pyrrole nitrogens is 1. The molecule has 34 heavy (non-hydrogen) atoms. The highest BCUT2D eigenvalue weighted by Crippen LogP contribution is 2.33. The van der Waals surface area contributed by atoms with Crippen LogP contribution in [0, 0.1) is 11.6 Å². The van der Waals surface area contributed by atoms with Gasteiger partial charge in [-0.25, -0.2) is 8.78 Å². The first-order valence-corrected chi connectivity index (χ1v) is 9.81. The van der Waals surface area contributed by atoms with Gasteiger partial charge in [0.1, 0.15) is 6.29 Å². The fraction of sp³-hybridized carbons (Fsp3) is 0.190. The van der Waals surface area contributed by atoms with Gasteiger partial charge >= 0.3 is 6.18 Å². The second-order valence-corrected chi connectivity index (χ2v) is 7.51. The van der Waals surface area contributed by atoms with E-state index in [1.54, 1.807) is 0 Å². The number of halogens is 5. The molecule has 178 valence electrons. The standard InChI is InChI=1S/C21H17F5N6O2/c22-13-6-5-12(15(16(13)23)10-1-3-11(4-2-10)21(24,25)26)17(33)28-9-20(14-7-8-29-32-14)18(34)30-19(27)31-20/h1-8,19,31H,9,27H2,(H,28,33)(H,29,32)(H,30,34). The summed E-state index contributed by atoms with van der Waals surface area (Å²) in [5.74, 6) is -4.17. The van der Waals surface area contributed by atoms with Crippen LogP contribution in [0.5, 0.6) is 0 Å². The Balaban J connectivity index is 1.67. The number of nitrogens with two attached hydrogens (primary N) is 1. The first kappa shape index (κ1) is 23.3. The molecule has 0 radical (unpaired) electrons. The zero-order valence-corrected chi connectivity index (χ0v) is 17.1. The Morgan fingerprint density at radius 2 is 1.82 bits per heavy atom. The van der Waals surface area contributed by atoms with Crippen molar-refractivity contribution in [2.45, 2.75) is 18.0 Å². The largest absolute Gasteiger partial charge is 0.416 e. The van der Waals surface area contributed by atoms with E-state index in [0.717, 1.165) is 24.3 Å². The second kappa shape index (κ2) is 8.50. The molecule has 2 aromatic carbocycles. The van der Waals surface area contributed by atoms with Crippen LogP contribution >= 0.6 is 0 Å². The molecule has 3 aromatic rings. The minimum Gasteiger partial charge on any atom is -0.349 e. The van der Waals surface area contributed by atoms with Crippen molar-refractivity contribution in [3.63, 3.8) is 0 Å². The fourth-order valence-corrected chi connectivity index (χ4v) is 3.71. The summed E-state index contributed by atoms with van der Waals surface area (Å²) < 4.78 is 67.3. The number of carbonyl (C=O) groups is 2. The number of benzene rings is 2. The molecule has 2 heterocycles. The van der Waals surface area contributed by atoms with Crippen LogP contribution in [-0.2, 0) is 16.5 Å². The van der Waals surface area contributed by atoms with E-state index in [0.29, 0.717) is 12.1 Å². The average Bonchev–Trinajstić information content (AvgIpc) is 3.42. The van der Waals surface area contributed by atoms with Crippen LogP contribution < -0.4 is 21.7 Å². The van der Waals surface area contributed by atoms with Gasteiger partial charge in [0.15, 0.2) is 17.2 Å². The Hall–Kier alpha value is -3.84. The Labute approximate surface area is 188 Å². The van der Waals surface area contributed by atoms with E-state index < -0.39 is 52.6 Å². The summed E-state index contributed by atoms with van der Waals surface area (Å²) in [5.41, 5.74) is 2.49. The van der Waals surface area contributed by atoms with Crippen molar-refractivity contribution in [1.29, 1.82) is 0 Å². The number of aromatic nitrogens is 2. The number of carbonyl (C=O) groups excluding carboxylic acids is 2. The van der Waals surface area contributed by atoms with Gasteiger partial charge in [-0.2, -0.15) is 18.3 Å². The van der Waals surface area contributed by atoms with Crippen LogP contribution in [0.25, 0.3) is 11.1 Å². The van der Waals surface area contributed by atoms with Gasteiger partial charge < -0.3 is 10.6 Å². The molecule has 4 rings (SSSR count). The molecule has 1 aliphatic rings. The van der Waals surface area contributed by atoms with Crippen molar-refractivity contribution in [1.82, 2.24) is 26.1 Å². The van der Waals surface area contributed by atoms with Gasteiger partial charge in [-0.1, -0.05) is 12.1 Å². The van der Waals surface area contributed by atoms with E-state index in [9.17, 15) is 31.5 Å². The highest BCUT2D eigenvalue weighted by Gasteiger charge is 2.48. The maximum absolute atomic E-state index is 14.7. The Morgan fingerprint density at radius 1 is 1.12 bits per heavy atom. The zero-order chi connectivity index (χ0) is 24.7. The summed E-state index contributed by atoms with van der Waals surface area (Å²) in [7, 11) is 0. The molecular formula is C21H17F5N6O2. The maximum atomic E-state index is 14.7. The zero-order valence-electron chi connectivity index (χ0n) is 17.1. The van der Waals surface area contributed by atoms with E-state index in [1.807, 2.05) is 0 Å². The topological polar surface area (TPSA) is 125 Å². The monoisotopic (exact) mass is 480 g/mol. The third-order valence-electron chi connectivity index (χ3n) is 5.39. The molecule has 1 fully saturated rings. The van der Waals surface area contributed by atoms with Gasteiger partial charge in [0, 0.05) is 11.8 Å². The molecule has 0 aliphatic carbocycles. The highest BCUT2D eigenvalue weighted by atomic mass is 19.4. The number of nitrogens with zero attached hydrogens (tertiary/aromatic N) is 1. The van der Waals surface area contributed by atoms with Crippen LogP contribution in [0.15, 0.2) is 48.7 Å². The lowest BCUT2D eigenvalue weighted by Crippen LogP contribution is -2.54. The Bertz CT molecular complexity index is 1230. The minimum absolute atomic E-state index is 0.141. The summed E-state index contributed by atoms with van der Waals surface area (Å²) in [4.78, 5) is 25.6. The van der Waals surface area contributed by atoms with E-state index in [1.165, 1.54) is 12.3 Å². The number of rotatable bonds is 5. The summed E-state index contributed by atoms with van der Waals surface area (Å²) in [5, 5.41) is 14.2. The minimum atomic E-state index is -4.63. The van der Waals surface area contributed by atoms with Gasteiger partial charge in [-0.05, 0) is 35.9 Å². The lowest BCUT2D eigenvalue weighted by Gasteiger charge is -2.26. The molecule has 1 saturated heterocycles. The van der Waals surface area contributed by atoms with Crippen molar-refractivity contribution in [3.05, 3.63) is 77.1 Å². The molecule has 8 nitrogen and oxygen atoms in total. The van der Waals surface area contributed by atoms with Gasteiger partial charge in [0.2, 0.25) is 0 Å². The molecule has 6 N–H and O–H groups in total. The lowest BCUT2D eigenvalue weighted by atomic mass is 9.94. The summed E-state index contributed by atoms with van der Waals surface area (Å²) in [6.45, 7) is -0.362. The van der Waals surface area contributed by atoms with Crippen molar-refractivity contribution in [2.24, 2.45) is 5.73 Å². The van der Waals surface area contributed by atoms with Crippen LogP contribution in [0.4, 0.5) is 22.0 Å². The number of amides is 2. The van der Waals surface area contributed by atoms with Gasteiger partial charge in [0.05, 0.1) is 23.4 Å². The third kappa shape index (κ3) is 4.10. The predicted octanol–water partition coefficient (Wildman–Crippen LogP) is 1.96. The van der Waals surface area contributed by atoms with Gasteiger partial charge in [-0.15, -0.1) is 0 Å². The normalized spacial score (nSPS) is 20.3. The van der Waals surface area contributed by atoms with Crippen molar-refractivity contribution >= 4 is 11.8 Å². The number of hydrogen-bond acceptors (Lipinski definition) is 5. The van der Waals surface area contributed by atoms with E-state index in [4.69, 9.17) is 5.73 Å². The Kier molecular flexibility index (Phi) is 5.83. The molecule has 13 heteroatoms. The summed E-state index contributed by atoms with van der Waals surface area (Å²) in [6.07, 6.45) is -4.18. The average molecular weight is 480 g/mol. The van der Waals surface area contributed by atoms with Crippen molar-refractivity contribution in [2.75, 3.05) is 6.54 Å². The van der Waals surface area contributed by atoms with E-state index in [2.05, 4.69) is 26.1 Å². The Morgan fingerprint density at radius 3 is 2.38 bits per heavy atom. The maximum Gasteiger partial charge on any atom is 0.416 e. The van der Waals surface area contributed by atoms with Gasteiger partial charge in [0.25, 0.3) is 11.8 Å². The smallest absolute Gasteiger partial charge is 0.349 e. The lowest BCUT2D eigenvalue weighted by molar-refractivity contribution is -0.137. The number of aromatic amines is 1. The number of nitrogens with one attached hydrogen (secondary N) is 4. The number of hydrogen-bond donors (Lipinski definition) is 5. The quantitative estimate of drug-likeness (QED) is 0.357. The summed E-state index contributed by atoms with van der Waals surface area (Å²) in [6, 6.07) is 6.48. The highest BCUT2D eigenvalue weighted by molar-refractivity contribution is 6.01. The predicted molar refractivity (Wildman–Crippen MR) is 109 cm³/mol. The molecule has 0 spiro atoms. The first-order chi connectivity index (χ1) is 16.0. The third-order valence-corrected chi connectivity index (χ3v) is 5.39. The molecule has 1 aromatic heterocycles. The molecule has 2 unspecified atom stereocenters. The summed E-state index contributed by atoms with van der Waals surface area (Å²) >= 11 is 0. The van der Waals surface area contributed by atoms with E-state index >= 15 is 0 Å². The first-order valence-electron chi connectivity index (χ1n) is 9.81. The SMILES string of the molecule is NC1NC(=O)C(CNC(=O)c2ccc(F)c(F)c2-c2ccc(C(F)(F)F)cc2)(c2ccn[nH]2)N1. The van der Waals surface area contributed by atoms with Crippen molar-refractivity contribution in [3.8, 4) is 11.1 Å². The van der Waals surface area contributed by atoms with Crippen LogP contribution in [-0.4, -0.2) is 34.8 Å². The number of alkyl halides is 3. The fourth-order valence-electron chi connectivity index (χ4n) is 3.71. The van der Waals surface area contributed by atoms with Crippen LogP contribution in [0.3, 0.4) is 0 Å². The molecular weight excluding hydrogens is 463 g/mol. The van der Waals surface area contributed by atoms with E-state index in [-0.39, 0.29) is 23.4 Å². The molecule has 0 bridgehead atoms. The molecule has 1 aliphatic heterocycles.